The second-order valence-corrected chi connectivity index (χ2v) is 5.95. The molecular formula is C12H12N4O4S2. The molecule has 0 aliphatic heterocycles. The fraction of sp³-hybridized carbons (Fsp3) is 0.250. The first-order valence-corrected chi connectivity index (χ1v) is 7.94. The number of carbonyl (C=O) groups is 3. The molecule has 10 heteroatoms. The third-order valence-corrected chi connectivity index (χ3v) is 4.28. The van der Waals surface area contributed by atoms with Crippen molar-refractivity contribution in [2.45, 2.75) is 18.1 Å². The summed E-state index contributed by atoms with van der Waals surface area (Å²) in [4.78, 5) is 42.7. The van der Waals surface area contributed by atoms with Crippen molar-refractivity contribution in [1.29, 1.82) is 0 Å². The van der Waals surface area contributed by atoms with Gasteiger partial charge in [-0.25, -0.2) is 14.8 Å². The topological polar surface area (TPSA) is 124 Å². The lowest BCUT2D eigenvalue weighted by atomic mass is 10.4. The predicted octanol–water partition coefficient (Wildman–Crippen LogP) is 0.910. The first kappa shape index (κ1) is 16.2. The Morgan fingerprint density at radius 3 is 2.95 bits per heavy atom. The average Bonchev–Trinajstić information content (AvgIpc) is 2.93. The van der Waals surface area contributed by atoms with E-state index in [1.54, 1.807) is 0 Å². The van der Waals surface area contributed by atoms with Gasteiger partial charge in [0.05, 0.1) is 5.75 Å². The Bertz CT molecular complexity index is 718. The molecule has 116 valence electrons. The molecule has 1 unspecified atom stereocenters. The predicted molar refractivity (Wildman–Crippen MR) is 81.4 cm³/mol. The van der Waals surface area contributed by atoms with E-state index in [2.05, 4.69) is 9.97 Å². The molecule has 2 rings (SSSR count). The number of primary amides is 1. The van der Waals surface area contributed by atoms with Crippen molar-refractivity contribution in [2.24, 2.45) is 5.73 Å². The quantitative estimate of drug-likeness (QED) is 0.471. The molecule has 2 heterocycles. The lowest BCUT2D eigenvalue weighted by Gasteiger charge is -2.11. The van der Waals surface area contributed by atoms with E-state index in [1.807, 2.05) is 16.8 Å². The molecule has 0 aromatic carbocycles. The number of nitrogens with one attached hydrogen (secondary N) is 1. The van der Waals surface area contributed by atoms with Crippen molar-refractivity contribution in [1.82, 2.24) is 15.3 Å². The zero-order valence-electron chi connectivity index (χ0n) is 11.4. The zero-order valence-corrected chi connectivity index (χ0v) is 13.1. The first-order valence-electron chi connectivity index (χ1n) is 6.08. The minimum Gasteiger partial charge on any atom is -0.452 e. The maximum atomic E-state index is 11.7. The number of hydrogen-bond acceptors (Lipinski definition) is 8. The van der Waals surface area contributed by atoms with Crippen LogP contribution in [0.1, 0.15) is 6.92 Å². The van der Waals surface area contributed by atoms with Gasteiger partial charge in [-0.2, -0.15) is 0 Å². The van der Waals surface area contributed by atoms with Crippen molar-refractivity contribution in [3.8, 4) is 0 Å². The van der Waals surface area contributed by atoms with E-state index in [0.29, 0.717) is 5.03 Å². The van der Waals surface area contributed by atoms with Gasteiger partial charge in [-0.15, -0.1) is 11.3 Å². The molecule has 0 bridgehead atoms. The standard InChI is InChI=1S/C12H12N4O4S2/c1-6(9(18)16-12(13)19)20-8(17)4-22-11-7-2-3-21-10(7)14-5-15-11/h2-3,5-6H,4H2,1H3,(H3,13,16,18,19). The summed E-state index contributed by atoms with van der Waals surface area (Å²) in [5.41, 5.74) is 4.81. The van der Waals surface area contributed by atoms with Crippen molar-refractivity contribution >= 4 is 51.2 Å². The third kappa shape index (κ3) is 4.15. The highest BCUT2D eigenvalue weighted by Crippen LogP contribution is 2.27. The van der Waals surface area contributed by atoms with E-state index >= 15 is 0 Å². The molecule has 22 heavy (non-hydrogen) atoms. The van der Waals surface area contributed by atoms with Crippen LogP contribution in [0, 0.1) is 0 Å². The van der Waals surface area contributed by atoms with Crippen molar-refractivity contribution < 1.29 is 19.1 Å². The van der Waals surface area contributed by atoms with Gasteiger partial charge in [0.1, 0.15) is 16.2 Å². The number of nitrogens with two attached hydrogens (primary N) is 1. The molecule has 0 aliphatic rings. The molecule has 0 saturated carbocycles. The highest BCUT2D eigenvalue weighted by molar-refractivity contribution is 8.00. The highest BCUT2D eigenvalue weighted by Gasteiger charge is 2.19. The van der Waals surface area contributed by atoms with Gasteiger partial charge >= 0.3 is 12.0 Å². The number of thiophene rings is 1. The van der Waals surface area contributed by atoms with Gasteiger partial charge in [0.2, 0.25) is 0 Å². The van der Waals surface area contributed by atoms with Crippen LogP contribution in [-0.4, -0.2) is 39.7 Å². The highest BCUT2D eigenvalue weighted by atomic mass is 32.2. The molecule has 0 spiro atoms. The fourth-order valence-electron chi connectivity index (χ4n) is 1.52. The van der Waals surface area contributed by atoms with E-state index in [-0.39, 0.29) is 5.75 Å². The summed E-state index contributed by atoms with van der Waals surface area (Å²) in [6, 6.07) is 0.875. The van der Waals surface area contributed by atoms with Gasteiger partial charge in [-0.1, -0.05) is 11.8 Å². The Hall–Kier alpha value is -2.20. The summed E-state index contributed by atoms with van der Waals surface area (Å²) in [6.07, 6.45) is 0.322. The molecule has 2 aromatic heterocycles. The number of urea groups is 1. The minimum atomic E-state index is -1.10. The summed E-state index contributed by atoms with van der Waals surface area (Å²) < 4.78 is 4.91. The van der Waals surface area contributed by atoms with Gasteiger partial charge in [0, 0.05) is 5.39 Å². The number of esters is 1. The number of amides is 3. The third-order valence-electron chi connectivity index (χ3n) is 2.48. The van der Waals surface area contributed by atoms with Crippen LogP contribution in [0.25, 0.3) is 10.2 Å². The van der Waals surface area contributed by atoms with Gasteiger partial charge in [-0.3, -0.25) is 14.9 Å². The normalized spacial score (nSPS) is 11.9. The molecule has 0 aliphatic carbocycles. The van der Waals surface area contributed by atoms with Gasteiger partial charge < -0.3 is 10.5 Å². The van der Waals surface area contributed by atoms with Crippen molar-refractivity contribution in [3.63, 3.8) is 0 Å². The summed E-state index contributed by atoms with van der Waals surface area (Å²) in [5, 5.41) is 5.26. The summed E-state index contributed by atoms with van der Waals surface area (Å²) in [7, 11) is 0. The summed E-state index contributed by atoms with van der Waals surface area (Å²) in [6.45, 7) is 1.35. The molecule has 2 aromatic rings. The summed E-state index contributed by atoms with van der Waals surface area (Å²) in [5.74, 6) is -1.39. The number of imide groups is 1. The molecule has 1 atom stereocenters. The number of hydrogen-bond donors (Lipinski definition) is 2. The van der Waals surface area contributed by atoms with E-state index in [0.717, 1.165) is 10.2 Å². The molecule has 3 N–H and O–H groups in total. The minimum absolute atomic E-state index is 0.0177. The van der Waals surface area contributed by atoms with E-state index in [9.17, 15) is 14.4 Å². The van der Waals surface area contributed by atoms with Crippen LogP contribution in [-0.2, 0) is 14.3 Å². The van der Waals surface area contributed by atoms with Crippen LogP contribution >= 0.6 is 23.1 Å². The lowest BCUT2D eigenvalue weighted by molar-refractivity contribution is -0.151. The van der Waals surface area contributed by atoms with Crippen LogP contribution in [0.15, 0.2) is 22.8 Å². The molecule has 0 fully saturated rings. The fourth-order valence-corrected chi connectivity index (χ4v) is 3.08. The lowest BCUT2D eigenvalue weighted by Crippen LogP contribution is -2.42. The van der Waals surface area contributed by atoms with E-state index < -0.39 is 24.0 Å². The second kappa shape index (κ2) is 7.18. The van der Waals surface area contributed by atoms with Crippen LogP contribution in [0.2, 0.25) is 0 Å². The molecule has 0 radical (unpaired) electrons. The summed E-state index contributed by atoms with van der Waals surface area (Å²) >= 11 is 2.67. The van der Waals surface area contributed by atoms with Crippen molar-refractivity contribution in [3.05, 3.63) is 17.8 Å². The maximum absolute atomic E-state index is 11.7. The number of aromatic nitrogens is 2. The monoisotopic (exact) mass is 340 g/mol. The second-order valence-electron chi connectivity index (χ2n) is 4.09. The Kier molecular flexibility index (Phi) is 5.28. The first-order chi connectivity index (χ1) is 10.5. The van der Waals surface area contributed by atoms with Gasteiger partial charge in [0.25, 0.3) is 5.91 Å². The Morgan fingerprint density at radius 2 is 2.23 bits per heavy atom. The molecule has 0 saturated heterocycles. The van der Waals surface area contributed by atoms with Crippen molar-refractivity contribution in [2.75, 3.05) is 5.75 Å². The van der Waals surface area contributed by atoms with Crippen LogP contribution < -0.4 is 11.1 Å². The number of thioether (sulfide) groups is 1. The zero-order chi connectivity index (χ0) is 16.1. The maximum Gasteiger partial charge on any atom is 0.318 e. The average molecular weight is 340 g/mol. The van der Waals surface area contributed by atoms with Crippen LogP contribution in [0.3, 0.4) is 0 Å². The largest absolute Gasteiger partial charge is 0.452 e. The Morgan fingerprint density at radius 1 is 1.45 bits per heavy atom. The molecule has 3 amide bonds. The van der Waals surface area contributed by atoms with Crippen LogP contribution in [0.5, 0.6) is 0 Å². The van der Waals surface area contributed by atoms with E-state index in [1.165, 1.54) is 36.3 Å². The smallest absolute Gasteiger partial charge is 0.318 e. The molecular weight excluding hydrogens is 328 g/mol. The van der Waals surface area contributed by atoms with Gasteiger partial charge in [-0.05, 0) is 18.4 Å². The van der Waals surface area contributed by atoms with Crippen LogP contribution in [0.4, 0.5) is 4.79 Å². The van der Waals surface area contributed by atoms with E-state index in [4.69, 9.17) is 10.5 Å². The Labute approximate surface area is 133 Å². The number of fused-ring (bicyclic) bond motifs is 1. The Balaban J connectivity index is 1.89. The van der Waals surface area contributed by atoms with Gasteiger partial charge in [0.15, 0.2) is 6.10 Å². The number of carbonyl (C=O) groups excluding carboxylic acids is 3. The number of nitrogens with zero attached hydrogens (tertiary/aromatic N) is 2. The number of rotatable bonds is 5. The SMILES string of the molecule is CC(OC(=O)CSc1ncnc2sccc12)C(=O)NC(N)=O. The number of ether oxygens (including phenoxy) is 1. The molecule has 8 nitrogen and oxygen atoms in total.